The van der Waals surface area contributed by atoms with Gasteiger partial charge in [-0.05, 0) is 36.4 Å². The molecule has 0 fully saturated rings. The third-order valence-corrected chi connectivity index (χ3v) is 4.54. The first kappa shape index (κ1) is 15.4. The first-order valence-electron chi connectivity index (χ1n) is 7.19. The molecule has 0 N–H and O–H groups in total. The molecule has 3 aromatic rings. The highest BCUT2D eigenvalue weighted by Gasteiger charge is 2.01. The minimum atomic E-state index is 0.696. The van der Waals surface area contributed by atoms with Gasteiger partial charge in [0.05, 0.1) is 30.6 Å². The summed E-state index contributed by atoms with van der Waals surface area (Å²) < 4.78 is 7.83. The number of imidazole rings is 1. The number of hydrogen-bond acceptors (Lipinski definition) is 3. The van der Waals surface area contributed by atoms with E-state index in [1.807, 2.05) is 48.8 Å². The van der Waals surface area contributed by atoms with Crippen molar-refractivity contribution in [1.29, 1.82) is 0 Å². The third-order valence-electron chi connectivity index (χ3n) is 3.31. The van der Waals surface area contributed by atoms with E-state index in [2.05, 4.69) is 15.6 Å². The van der Waals surface area contributed by atoms with E-state index in [0.29, 0.717) is 6.61 Å². The molecule has 0 amide bonds. The fourth-order valence-electron chi connectivity index (χ4n) is 2.20. The van der Waals surface area contributed by atoms with Gasteiger partial charge in [0.25, 0.3) is 0 Å². The lowest BCUT2D eigenvalue weighted by molar-refractivity contribution is 0.142. The van der Waals surface area contributed by atoms with Crippen LogP contribution in [0.15, 0.2) is 59.8 Å². The molecule has 114 valence electrons. The van der Waals surface area contributed by atoms with Gasteiger partial charge >= 0.3 is 0 Å². The van der Waals surface area contributed by atoms with E-state index in [0.717, 1.165) is 35.0 Å². The highest BCUT2D eigenvalue weighted by atomic mass is 35.5. The number of para-hydroxylation sites is 2. The lowest BCUT2D eigenvalue weighted by Gasteiger charge is -2.06. The first-order valence-corrected chi connectivity index (χ1v) is 8.55. The number of aromatic nitrogens is 2. The van der Waals surface area contributed by atoms with Crippen molar-refractivity contribution in [1.82, 2.24) is 9.55 Å². The molecule has 0 aliphatic heterocycles. The van der Waals surface area contributed by atoms with Crippen LogP contribution in [0.1, 0.15) is 0 Å². The smallest absolute Gasteiger partial charge is 0.0959 e. The van der Waals surface area contributed by atoms with E-state index in [9.17, 15) is 0 Å². The summed E-state index contributed by atoms with van der Waals surface area (Å²) in [5.41, 5.74) is 2.18. The van der Waals surface area contributed by atoms with E-state index < -0.39 is 0 Å². The molecule has 0 spiro atoms. The van der Waals surface area contributed by atoms with Crippen LogP contribution in [-0.2, 0) is 11.3 Å². The molecular formula is C17H17ClN2OS. The fourth-order valence-corrected chi connectivity index (χ4v) is 3.09. The van der Waals surface area contributed by atoms with Gasteiger partial charge in [-0.25, -0.2) is 4.98 Å². The van der Waals surface area contributed by atoms with E-state index in [1.54, 1.807) is 11.8 Å². The van der Waals surface area contributed by atoms with E-state index in [4.69, 9.17) is 16.3 Å². The Bertz CT molecular complexity index is 727. The molecule has 0 aliphatic carbocycles. The van der Waals surface area contributed by atoms with Crippen LogP contribution < -0.4 is 0 Å². The molecule has 1 heterocycles. The molecule has 3 nitrogen and oxygen atoms in total. The Labute approximate surface area is 139 Å². The van der Waals surface area contributed by atoms with Crippen LogP contribution >= 0.6 is 23.4 Å². The summed E-state index contributed by atoms with van der Waals surface area (Å²) in [7, 11) is 0. The molecule has 3 rings (SSSR count). The minimum Gasteiger partial charge on any atom is -0.379 e. The number of hydrogen-bond donors (Lipinski definition) is 0. The minimum absolute atomic E-state index is 0.696. The number of rotatable bonds is 7. The standard InChI is InChI=1S/C17H17ClN2OS/c18-14-5-7-15(8-6-14)22-12-11-21-10-9-20-13-19-16-3-1-2-4-17(16)20/h1-8,13H,9-12H2. The Morgan fingerprint density at radius 1 is 1.05 bits per heavy atom. The summed E-state index contributed by atoms with van der Waals surface area (Å²) in [5.74, 6) is 0.937. The molecule has 2 aromatic carbocycles. The summed E-state index contributed by atoms with van der Waals surface area (Å²) in [4.78, 5) is 5.59. The van der Waals surface area contributed by atoms with Crippen molar-refractivity contribution in [3.05, 3.63) is 59.9 Å². The summed E-state index contributed by atoms with van der Waals surface area (Å²) in [6, 6.07) is 16.0. The summed E-state index contributed by atoms with van der Waals surface area (Å²) >= 11 is 7.64. The summed E-state index contributed by atoms with van der Waals surface area (Å²) in [5, 5.41) is 0.771. The number of nitrogens with zero attached hydrogens (tertiary/aromatic N) is 2. The highest BCUT2D eigenvalue weighted by molar-refractivity contribution is 7.99. The molecule has 1 aromatic heterocycles. The SMILES string of the molecule is Clc1ccc(SCCOCCn2cnc3ccccc32)cc1. The highest BCUT2D eigenvalue weighted by Crippen LogP contribution is 2.20. The zero-order valence-corrected chi connectivity index (χ0v) is 13.7. The van der Waals surface area contributed by atoms with Gasteiger partial charge in [0.15, 0.2) is 0 Å². The van der Waals surface area contributed by atoms with Crippen LogP contribution in [0.25, 0.3) is 11.0 Å². The second-order valence-corrected chi connectivity index (χ2v) is 6.45. The molecule has 0 saturated carbocycles. The van der Waals surface area contributed by atoms with Crippen molar-refractivity contribution >= 4 is 34.4 Å². The Balaban J connectivity index is 1.38. The van der Waals surface area contributed by atoms with E-state index >= 15 is 0 Å². The predicted molar refractivity (Wildman–Crippen MR) is 92.7 cm³/mol. The van der Waals surface area contributed by atoms with Crippen molar-refractivity contribution in [2.45, 2.75) is 11.4 Å². The van der Waals surface area contributed by atoms with Gasteiger partial charge in [-0.3, -0.25) is 0 Å². The normalized spacial score (nSPS) is 11.1. The average molecular weight is 333 g/mol. The van der Waals surface area contributed by atoms with Crippen LogP contribution in [0.2, 0.25) is 5.02 Å². The van der Waals surface area contributed by atoms with Crippen LogP contribution in [0.5, 0.6) is 0 Å². The third kappa shape index (κ3) is 4.03. The lowest BCUT2D eigenvalue weighted by Crippen LogP contribution is -2.06. The predicted octanol–water partition coefficient (Wildman–Crippen LogP) is 4.50. The largest absolute Gasteiger partial charge is 0.379 e. The molecule has 0 unspecified atom stereocenters. The summed E-state index contributed by atoms with van der Waals surface area (Å²) in [6.07, 6.45) is 1.87. The number of thioether (sulfide) groups is 1. The zero-order valence-electron chi connectivity index (χ0n) is 12.1. The topological polar surface area (TPSA) is 27.1 Å². The second kappa shape index (κ2) is 7.68. The van der Waals surface area contributed by atoms with Gasteiger partial charge in [-0.1, -0.05) is 23.7 Å². The fraction of sp³-hybridized carbons (Fsp3) is 0.235. The molecule has 22 heavy (non-hydrogen) atoms. The van der Waals surface area contributed by atoms with Crippen LogP contribution in [0, 0.1) is 0 Å². The Hall–Kier alpha value is -1.49. The van der Waals surface area contributed by atoms with Gasteiger partial charge in [0.1, 0.15) is 0 Å². The molecule has 0 atom stereocenters. The Morgan fingerprint density at radius 3 is 2.73 bits per heavy atom. The maximum atomic E-state index is 5.86. The molecule has 0 bridgehead atoms. The lowest BCUT2D eigenvalue weighted by atomic mass is 10.3. The van der Waals surface area contributed by atoms with Gasteiger partial charge in [0.2, 0.25) is 0 Å². The Kier molecular flexibility index (Phi) is 5.38. The molecule has 0 aliphatic rings. The van der Waals surface area contributed by atoms with E-state index in [1.165, 1.54) is 4.90 Å². The maximum absolute atomic E-state index is 5.86. The number of ether oxygens (including phenoxy) is 1. The Morgan fingerprint density at radius 2 is 1.86 bits per heavy atom. The molecular weight excluding hydrogens is 316 g/mol. The van der Waals surface area contributed by atoms with Crippen LogP contribution in [-0.4, -0.2) is 28.5 Å². The maximum Gasteiger partial charge on any atom is 0.0959 e. The van der Waals surface area contributed by atoms with Crippen molar-refractivity contribution in [2.75, 3.05) is 19.0 Å². The summed E-state index contributed by atoms with van der Waals surface area (Å²) in [6.45, 7) is 2.26. The van der Waals surface area contributed by atoms with Crippen molar-refractivity contribution < 1.29 is 4.74 Å². The van der Waals surface area contributed by atoms with Crippen molar-refractivity contribution in [3.63, 3.8) is 0 Å². The van der Waals surface area contributed by atoms with Crippen LogP contribution in [0.3, 0.4) is 0 Å². The van der Waals surface area contributed by atoms with E-state index in [-0.39, 0.29) is 0 Å². The van der Waals surface area contributed by atoms with Gasteiger partial charge < -0.3 is 9.30 Å². The first-order chi connectivity index (χ1) is 10.8. The monoisotopic (exact) mass is 332 g/mol. The van der Waals surface area contributed by atoms with Gasteiger partial charge in [-0.2, -0.15) is 0 Å². The van der Waals surface area contributed by atoms with Gasteiger partial charge in [-0.15, -0.1) is 11.8 Å². The van der Waals surface area contributed by atoms with Crippen LogP contribution in [0.4, 0.5) is 0 Å². The number of fused-ring (bicyclic) bond motifs is 1. The van der Waals surface area contributed by atoms with Crippen molar-refractivity contribution in [2.24, 2.45) is 0 Å². The number of benzene rings is 2. The second-order valence-electron chi connectivity index (χ2n) is 4.84. The zero-order chi connectivity index (χ0) is 15.2. The average Bonchev–Trinajstić information content (AvgIpc) is 2.96. The van der Waals surface area contributed by atoms with Crippen molar-refractivity contribution in [3.8, 4) is 0 Å². The molecule has 0 radical (unpaired) electrons. The quantitative estimate of drug-likeness (QED) is 0.471. The van der Waals surface area contributed by atoms with Gasteiger partial charge in [0, 0.05) is 22.2 Å². The number of halogens is 1. The molecule has 5 heteroatoms. The molecule has 0 saturated heterocycles.